The second kappa shape index (κ2) is 8.23. The average Bonchev–Trinajstić information content (AvgIpc) is 2.47. The molecule has 0 amide bonds. The van der Waals surface area contributed by atoms with Crippen molar-refractivity contribution in [2.75, 3.05) is 13.1 Å². The van der Waals surface area contributed by atoms with Crippen molar-refractivity contribution in [3.05, 3.63) is 24.3 Å². The summed E-state index contributed by atoms with van der Waals surface area (Å²) >= 11 is 0. The highest BCUT2D eigenvalue weighted by Gasteiger charge is 2.32. The summed E-state index contributed by atoms with van der Waals surface area (Å²) in [6, 6.07) is 5.47. The van der Waals surface area contributed by atoms with Gasteiger partial charge in [0.1, 0.15) is 10.6 Å². The molecule has 1 heterocycles. The number of hydrogen-bond acceptors (Lipinski definition) is 4. The number of ether oxygens (including phenoxy) is 1. The highest BCUT2D eigenvalue weighted by molar-refractivity contribution is 7.89. The largest absolute Gasteiger partial charge is 0.433 e. The van der Waals surface area contributed by atoms with E-state index in [1.165, 1.54) is 28.6 Å². The number of nitrogens with two attached hydrogens (primary N) is 1. The molecule has 0 bridgehead atoms. The van der Waals surface area contributed by atoms with Gasteiger partial charge in [0.05, 0.1) is 0 Å². The Morgan fingerprint density at radius 3 is 2.35 bits per heavy atom. The fourth-order valence-corrected chi connectivity index (χ4v) is 4.23. The Bertz CT molecular complexity index is 606. The molecule has 1 fully saturated rings. The summed E-state index contributed by atoms with van der Waals surface area (Å²) in [5.41, 5.74) is 5.84. The van der Waals surface area contributed by atoms with Crippen LogP contribution in [0.5, 0.6) is 5.75 Å². The topological polar surface area (TPSA) is 72.6 Å². The zero-order valence-corrected chi connectivity index (χ0v) is 14.3. The Morgan fingerprint density at radius 2 is 1.83 bits per heavy atom. The first-order chi connectivity index (χ1) is 10.3. The molecule has 132 valence electrons. The smallest absolute Gasteiger partial charge is 0.387 e. The van der Waals surface area contributed by atoms with E-state index in [1.807, 2.05) is 6.92 Å². The SMILES string of the molecule is CC(N)C1CCN(S(=O)(=O)c2ccccc2OC(F)F)CC1.Cl. The normalized spacial score (nSPS) is 18.5. The third-order valence-corrected chi connectivity index (χ3v) is 5.86. The summed E-state index contributed by atoms with van der Waals surface area (Å²) in [5, 5.41) is 0. The van der Waals surface area contributed by atoms with Crippen molar-refractivity contribution in [1.82, 2.24) is 4.31 Å². The van der Waals surface area contributed by atoms with Gasteiger partial charge in [0.25, 0.3) is 0 Å². The maximum Gasteiger partial charge on any atom is 0.387 e. The van der Waals surface area contributed by atoms with E-state index in [-0.39, 0.29) is 35.0 Å². The molecule has 1 atom stereocenters. The van der Waals surface area contributed by atoms with E-state index in [9.17, 15) is 17.2 Å². The Morgan fingerprint density at radius 1 is 1.26 bits per heavy atom. The van der Waals surface area contributed by atoms with Gasteiger partial charge >= 0.3 is 6.61 Å². The maximum absolute atomic E-state index is 12.6. The lowest BCUT2D eigenvalue weighted by Gasteiger charge is -2.33. The molecule has 1 aromatic rings. The number of benzene rings is 1. The number of para-hydroxylation sites is 1. The lowest BCUT2D eigenvalue weighted by molar-refractivity contribution is -0.0518. The second-order valence-corrected chi connectivity index (χ2v) is 7.33. The van der Waals surface area contributed by atoms with Crippen LogP contribution >= 0.6 is 12.4 Å². The molecule has 0 radical (unpaired) electrons. The van der Waals surface area contributed by atoms with Crippen molar-refractivity contribution < 1.29 is 21.9 Å². The van der Waals surface area contributed by atoms with E-state index in [0.717, 1.165) is 0 Å². The molecule has 5 nitrogen and oxygen atoms in total. The van der Waals surface area contributed by atoms with Gasteiger partial charge in [-0.15, -0.1) is 12.4 Å². The van der Waals surface area contributed by atoms with Crippen LogP contribution in [0.1, 0.15) is 19.8 Å². The van der Waals surface area contributed by atoms with Crippen LogP contribution in [0, 0.1) is 5.92 Å². The Kier molecular flexibility index (Phi) is 7.19. The predicted molar refractivity (Wildman–Crippen MR) is 85.5 cm³/mol. The van der Waals surface area contributed by atoms with E-state index in [1.54, 1.807) is 0 Å². The molecule has 1 saturated heterocycles. The predicted octanol–water partition coefficient (Wildman–Crippen LogP) is 2.46. The maximum atomic E-state index is 12.6. The standard InChI is InChI=1S/C14H20F2N2O3S.ClH/c1-10(17)11-6-8-18(9-7-11)22(19,20)13-5-3-2-4-12(13)21-14(15)16;/h2-5,10-11,14H,6-9,17H2,1H3;1H. The summed E-state index contributed by atoms with van der Waals surface area (Å²) in [5.74, 6) is -0.0502. The number of halogens is 3. The zero-order valence-electron chi connectivity index (χ0n) is 12.7. The second-order valence-electron chi connectivity index (χ2n) is 5.43. The molecule has 0 saturated carbocycles. The lowest BCUT2D eigenvalue weighted by Crippen LogP contribution is -2.42. The molecule has 1 aromatic carbocycles. The summed E-state index contributed by atoms with van der Waals surface area (Å²) < 4.78 is 55.8. The van der Waals surface area contributed by atoms with Crippen molar-refractivity contribution >= 4 is 22.4 Å². The first kappa shape index (κ1) is 20.1. The van der Waals surface area contributed by atoms with Crippen LogP contribution in [0.2, 0.25) is 0 Å². The third kappa shape index (κ3) is 4.76. The van der Waals surface area contributed by atoms with Crippen LogP contribution in [0.3, 0.4) is 0 Å². The molecule has 9 heteroatoms. The molecule has 0 spiro atoms. The first-order valence-corrected chi connectivity index (χ1v) is 8.56. The number of alkyl halides is 2. The van der Waals surface area contributed by atoms with Crippen molar-refractivity contribution in [2.45, 2.75) is 37.3 Å². The summed E-state index contributed by atoms with van der Waals surface area (Å²) in [6.45, 7) is -0.504. The van der Waals surface area contributed by atoms with Crippen molar-refractivity contribution in [3.63, 3.8) is 0 Å². The van der Waals surface area contributed by atoms with Gasteiger partial charge in [-0.2, -0.15) is 13.1 Å². The summed E-state index contributed by atoms with van der Waals surface area (Å²) in [4.78, 5) is -0.227. The highest BCUT2D eigenvalue weighted by atomic mass is 35.5. The molecular weight excluding hydrogens is 350 g/mol. The monoisotopic (exact) mass is 370 g/mol. The minimum atomic E-state index is -3.85. The zero-order chi connectivity index (χ0) is 16.3. The molecule has 23 heavy (non-hydrogen) atoms. The van der Waals surface area contributed by atoms with Gasteiger partial charge in [0.2, 0.25) is 10.0 Å². The van der Waals surface area contributed by atoms with Crippen molar-refractivity contribution in [2.24, 2.45) is 11.7 Å². The summed E-state index contributed by atoms with van der Waals surface area (Å²) in [6.07, 6.45) is 1.32. The van der Waals surface area contributed by atoms with Gasteiger partial charge < -0.3 is 10.5 Å². The van der Waals surface area contributed by atoms with Gasteiger partial charge in [0, 0.05) is 19.1 Å². The van der Waals surface area contributed by atoms with Crippen LogP contribution in [-0.4, -0.2) is 38.5 Å². The molecular formula is C14H21ClF2N2O3S. The fourth-order valence-electron chi connectivity index (χ4n) is 2.64. The number of rotatable bonds is 5. The Labute approximate surface area is 141 Å². The van der Waals surface area contributed by atoms with Gasteiger partial charge in [-0.05, 0) is 37.8 Å². The van der Waals surface area contributed by atoms with Crippen molar-refractivity contribution in [3.8, 4) is 5.75 Å². The fraction of sp³-hybridized carbons (Fsp3) is 0.571. The molecule has 2 rings (SSSR count). The van der Waals surface area contributed by atoms with Gasteiger partial charge in [-0.1, -0.05) is 12.1 Å². The van der Waals surface area contributed by atoms with Gasteiger partial charge in [-0.25, -0.2) is 8.42 Å². The van der Waals surface area contributed by atoms with Gasteiger partial charge in [-0.3, -0.25) is 0 Å². The van der Waals surface area contributed by atoms with Crippen LogP contribution in [0.25, 0.3) is 0 Å². The van der Waals surface area contributed by atoms with E-state index >= 15 is 0 Å². The summed E-state index contributed by atoms with van der Waals surface area (Å²) in [7, 11) is -3.85. The minimum absolute atomic E-state index is 0. The molecule has 0 aliphatic carbocycles. The van der Waals surface area contributed by atoms with E-state index in [4.69, 9.17) is 5.73 Å². The molecule has 2 N–H and O–H groups in total. The molecule has 1 aliphatic heterocycles. The lowest BCUT2D eigenvalue weighted by atomic mass is 9.92. The van der Waals surface area contributed by atoms with E-state index in [0.29, 0.717) is 25.9 Å². The Balaban J connectivity index is 0.00000264. The highest BCUT2D eigenvalue weighted by Crippen LogP contribution is 2.30. The number of sulfonamides is 1. The van der Waals surface area contributed by atoms with Crippen LogP contribution < -0.4 is 10.5 Å². The Hall–Kier alpha value is -0.960. The van der Waals surface area contributed by atoms with E-state index in [2.05, 4.69) is 4.74 Å². The van der Waals surface area contributed by atoms with Crippen molar-refractivity contribution in [1.29, 1.82) is 0 Å². The average molecular weight is 371 g/mol. The molecule has 0 aromatic heterocycles. The molecule has 1 aliphatic rings. The quantitative estimate of drug-likeness (QED) is 0.864. The number of piperidine rings is 1. The van der Waals surface area contributed by atoms with E-state index < -0.39 is 16.6 Å². The number of nitrogens with zero attached hydrogens (tertiary/aromatic N) is 1. The number of hydrogen-bond donors (Lipinski definition) is 1. The van der Waals surface area contributed by atoms with Crippen LogP contribution in [0.4, 0.5) is 8.78 Å². The van der Waals surface area contributed by atoms with Gasteiger partial charge in [0.15, 0.2) is 0 Å². The van der Waals surface area contributed by atoms with Crippen LogP contribution in [0.15, 0.2) is 29.2 Å². The first-order valence-electron chi connectivity index (χ1n) is 7.12. The minimum Gasteiger partial charge on any atom is -0.433 e. The van der Waals surface area contributed by atoms with Crippen LogP contribution in [-0.2, 0) is 10.0 Å². The third-order valence-electron chi connectivity index (χ3n) is 3.93. The molecule has 1 unspecified atom stereocenters.